The van der Waals surface area contributed by atoms with Crippen LogP contribution in [0.5, 0.6) is 6.01 Å². The van der Waals surface area contributed by atoms with Gasteiger partial charge in [0.1, 0.15) is 5.82 Å². The number of hydrogen-bond acceptors (Lipinski definition) is 5. The molecular weight excluding hydrogens is 271 g/mol. The molecule has 0 aliphatic heterocycles. The largest absolute Gasteiger partial charge is 0.463 e. The van der Waals surface area contributed by atoms with Crippen molar-refractivity contribution in [2.45, 2.75) is 27.2 Å². The fourth-order valence-electron chi connectivity index (χ4n) is 1.85. The average molecular weight is 290 g/mol. The van der Waals surface area contributed by atoms with Gasteiger partial charge in [-0.25, -0.2) is 4.39 Å². The highest BCUT2D eigenvalue weighted by atomic mass is 19.1. The van der Waals surface area contributed by atoms with Crippen molar-refractivity contribution in [3.63, 3.8) is 0 Å². The molecule has 0 atom stereocenters. The Hall–Kier alpha value is -2.24. The molecule has 0 saturated carbocycles. The molecule has 0 amide bonds. The number of benzene rings is 1. The van der Waals surface area contributed by atoms with Crippen molar-refractivity contribution in [1.82, 2.24) is 15.0 Å². The molecule has 0 aliphatic rings. The molecule has 0 bridgehead atoms. The van der Waals surface area contributed by atoms with Crippen molar-refractivity contribution in [2.24, 2.45) is 0 Å². The second-order valence-electron chi connectivity index (χ2n) is 4.66. The molecule has 6 heteroatoms. The molecule has 2 rings (SSSR count). The second-order valence-corrected chi connectivity index (χ2v) is 4.66. The first-order chi connectivity index (χ1) is 10.1. The minimum Gasteiger partial charge on any atom is -0.463 e. The van der Waals surface area contributed by atoms with Gasteiger partial charge in [0.25, 0.3) is 0 Å². The minimum absolute atomic E-state index is 0.250. The van der Waals surface area contributed by atoms with E-state index in [9.17, 15) is 4.39 Å². The summed E-state index contributed by atoms with van der Waals surface area (Å²) >= 11 is 0. The first-order valence-corrected chi connectivity index (χ1v) is 7.02. The zero-order valence-corrected chi connectivity index (χ0v) is 12.5. The maximum atomic E-state index is 13.5. The van der Waals surface area contributed by atoms with E-state index in [4.69, 9.17) is 4.74 Å². The zero-order valence-electron chi connectivity index (χ0n) is 12.5. The average Bonchev–Trinajstić information content (AvgIpc) is 2.44. The summed E-state index contributed by atoms with van der Waals surface area (Å²) in [7, 11) is 0. The summed E-state index contributed by atoms with van der Waals surface area (Å²) in [6.07, 6.45) is 0.858. The fourth-order valence-corrected chi connectivity index (χ4v) is 1.85. The third-order valence-corrected chi connectivity index (χ3v) is 2.69. The maximum Gasteiger partial charge on any atom is 0.321 e. The highest BCUT2D eigenvalue weighted by Crippen LogP contribution is 2.21. The normalized spacial score (nSPS) is 10.5. The van der Waals surface area contributed by atoms with E-state index in [-0.39, 0.29) is 11.8 Å². The number of nitrogens with one attached hydrogen (secondary N) is 1. The third kappa shape index (κ3) is 4.11. The van der Waals surface area contributed by atoms with Gasteiger partial charge < -0.3 is 10.1 Å². The predicted molar refractivity (Wildman–Crippen MR) is 79.9 cm³/mol. The van der Waals surface area contributed by atoms with Crippen LogP contribution in [0.1, 0.15) is 25.8 Å². The smallest absolute Gasteiger partial charge is 0.321 e. The van der Waals surface area contributed by atoms with E-state index in [2.05, 4.69) is 20.3 Å². The Labute approximate surface area is 123 Å². The highest BCUT2D eigenvalue weighted by molar-refractivity contribution is 5.57. The van der Waals surface area contributed by atoms with Crippen molar-refractivity contribution in [3.8, 4) is 17.4 Å². The first kappa shape index (κ1) is 15.2. The molecule has 0 unspecified atom stereocenters. The van der Waals surface area contributed by atoms with Crippen LogP contribution in [0.4, 0.5) is 10.3 Å². The van der Waals surface area contributed by atoms with Gasteiger partial charge in [-0.2, -0.15) is 15.0 Å². The summed E-state index contributed by atoms with van der Waals surface area (Å²) in [5, 5.41) is 3.03. The van der Waals surface area contributed by atoms with E-state index in [1.807, 2.05) is 26.8 Å². The molecule has 21 heavy (non-hydrogen) atoms. The Kier molecular flexibility index (Phi) is 5.03. The van der Waals surface area contributed by atoms with Gasteiger partial charge in [-0.3, -0.25) is 0 Å². The monoisotopic (exact) mass is 290 g/mol. The van der Waals surface area contributed by atoms with Gasteiger partial charge in [0.15, 0.2) is 5.82 Å². The van der Waals surface area contributed by atoms with Crippen LogP contribution in [0.15, 0.2) is 18.2 Å². The predicted octanol–water partition coefficient (Wildman–Crippen LogP) is 3.21. The maximum absolute atomic E-state index is 13.5. The number of anilines is 1. The van der Waals surface area contributed by atoms with Crippen LogP contribution in [0.2, 0.25) is 0 Å². The summed E-state index contributed by atoms with van der Waals surface area (Å²) in [5.74, 6) is 0.511. The fraction of sp³-hybridized carbons (Fsp3) is 0.400. The van der Waals surface area contributed by atoms with Crippen molar-refractivity contribution in [1.29, 1.82) is 0 Å². The second kappa shape index (κ2) is 6.97. The Balaban J connectivity index is 2.42. The Bertz CT molecular complexity index is 598. The van der Waals surface area contributed by atoms with E-state index >= 15 is 0 Å². The summed E-state index contributed by atoms with van der Waals surface area (Å²) in [4.78, 5) is 12.7. The summed E-state index contributed by atoms with van der Waals surface area (Å²) in [6.45, 7) is 6.98. The topological polar surface area (TPSA) is 59.9 Å². The molecule has 0 fully saturated rings. The number of rotatable bonds is 6. The third-order valence-electron chi connectivity index (χ3n) is 2.69. The molecule has 5 nitrogen and oxygen atoms in total. The van der Waals surface area contributed by atoms with Crippen molar-refractivity contribution in [2.75, 3.05) is 18.5 Å². The van der Waals surface area contributed by atoms with Gasteiger partial charge in [-0.05, 0) is 44.0 Å². The van der Waals surface area contributed by atoms with Crippen molar-refractivity contribution in [3.05, 3.63) is 29.6 Å². The van der Waals surface area contributed by atoms with Gasteiger partial charge in [-0.15, -0.1) is 0 Å². The van der Waals surface area contributed by atoms with Crippen LogP contribution in [0.25, 0.3) is 11.4 Å². The number of halogens is 1. The molecule has 0 aliphatic carbocycles. The number of aryl methyl sites for hydroxylation is 1. The number of aromatic nitrogens is 3. The summed E-state index contributed by atoms with van der Waals surface area (Å²) < 4.78 is 19.0. The molecule has 0 spiro atoms. The minimum atomic E-state index is -0.313. The molecular formula is C15H19FN4O. The SMILES string of the molecule is CCCOc1nc(NCC)nc(-c2cc(C)cc(F)c2)n1. The Morgan fingerprint density at radius 2 is 1.95 bits per heavy atom. The summed E-state index contributed by atoms with van der Waals surface area (Å²) in [6, 6.07) is 4.95. The lowest BCUT2D eigenvalue weighted by atomic mass is 10.1. The Morgan fingerprint density at radius 3 is 2.62 bits per heavy atom. The first-order valence-electron chi connectivity index (χ1n) is 7.02. The van der Waals surface area contributed by atoms with E-state index in [0.29, 0.717) is 30.5 Å². The van der Waals surface area contributed by atoms with E-state index in [0.717, 1.165) is 12.0 Å². The van der Waals surface area contributed by atoms with E-state index < -0.39 is 0 Å². The number of ether oxygens (including phenoxy) is 1. The van der Waals surface area contributed by atoms with Gasteiger partial charge >= 0.3 is 6.01 Å². The standard InChI is InChI=1S/C15H19FN4O/c1-4-6-21-15-19-13(18-14(20-15)17-5-2)11-7-10(3)8-12(16)9-11/h7-9H,4-6H2,1-3H3,(H,17,18,19,20). The number of hydrogen-bond donors (Lipinski definition) is 1. The van der Waals surface area contributed by atoms with Crippen LogP contribution in [0, 0.1) is 12.7 Å². The van der Waals surface area contributed by atoms with Crippen molar-refractivity contribution >= 4 is 5.95 Å². The van der Waals surface area contributed by atoms with Gasteiger partial charge in [0, 0.05) is 12.1 Å². The van der Waals surface area contributed by atoms with Crippen LogP contribution in [-0.2, 0) is 0 Å². The zero-order chi connectivity index (χ0) is 15.2. The molecule has 0 radical (unpaired) electrons. The van der Waals surface area contributed by atoms with Crippen LogP contribution in [-0.4, -0.2) is 28.1 Å². The molecule has 1 aromatic heterocycles. The lowest BCUT2D eigenvalue weighted by Gasteiger charge is -2.09. The lowest BCUT2D eigenvalue weighted by Crippen LogP contribution is -2.08. The van der Waals surface area contributed by atoms with Crippen LogP contribution >= 0.6 is 0 Å². The quantitative estimate of drug-likeness (QED) is 0.885. The lowest BCUT2D eigenvalue weighted by molar-refractivity contribution is 0.292. The van der Waals surface area contributed by atoms with Gasteiger partial charge in [-0.1, -0.05) is 6.92 Å². The summed E-state index contributed by atoms with van der Waals surface area (Å²) in [5.41, 5.74) is 1.42. The van der Waals surface area contributed by atoms with Crippen molar-refractivity contribution < 1.29 is 9.13 Å². The highest BCUT2D eigenvalue weighted by Gasteiger charge is 2.10. The van der Waals surface area contributed by atoms with Crippen LogP contribution in [0.3, 0.4) is 0 Å². The van der Waals surface area contributed by atoms with E-state index in [1.54, 1.807) is 0 Å². The van der Waals surface area contributed by atoms with Gasteiger partial charge in [0.2, 0.25) is 5.95 Å². The van der Waals surface area contributed by atoms with Crippen LogP contribution < -0.4 is 10.1 Å². The molecule has 0 saturated heterocycles. The number of nitrogens with zero attached hydrogens (tertiary/aromatic N) is 3. The molecule has 1 heterocycles. The molecule has 112 valence electrons. The molecule has 2 aromatic rings. The Morgan fingerprint density at radius 1 is 1.14 bits per heavy atom. The molecule has 1 aromatic carbocycles. The van der Waals surface area contributed by atoms with Gasteiger partial charge in [0.05, 0.1) is 6.61 Å². The van der Waals surface area contributed by atoms with E-state index in [1.165, 1.54) is 12.1 Å². The molecule has 1 N–H and O–H groups in total.